The van der Waals surface area contributed by atoms with E-state index in [-0.39, 0.29) is 0 Å². The van der Waals surface area contributed by atoms with Gasteiger partial charge in [-0.1, -0.05) is 30.9 Å². The van der Waals surface area contributed by atoms with Gasteiger partial charge < -0.3 is 10.4 Å². The molecule has 6 heteroatoms. The van der Waals surface area contributed by atoms with Crippen LogP contribution in [0.5, 0.6) is 0 Å². The first-order chi connectivity index (χ1) is 8.12. The van der Waals surface area contributed by atoms with Crippen molar-refractivity contribution in [3.8, 4) is 0 Å². The Morgan fingerprint density at radius 3 is 2.53 bits per heavy atom. The highest BCUT2D eigenvalue weighted by molar-refractivity contribution is 6.29. The van der Waals surface area contributed by atoms with Gasteiger partial charge in [0, 0.05) is 0 Å². The number of hydrogen-bond donors (Lipinski definition) is 2. The number of carbonyl (C=O) groups is 1. The molecule has 2 N–H and O–H groups in total. The zero-order chi connectivity index (χ0) is 12.3. The van der Waals surface area contributed by atoms with Crippen LogP contribution in [0.4, 0.5) is 5.82 Å². The summed E-state index contributed by atoms with van der Waals surface area (Å²) in [6.07, 6.45) is 4.16. The number of halogens is 1. The van der Waals surface area contributed by atoms with E-state index in [0.717, 1.165) is 19.3 Å². The quantitative estimate of drug-likeness (QED) is 0.867. The molecule has 0 saturated heterocycles. The highest BCUT2D eigenvalue weighted by Gasteiger charge is 2.39. The molecule has 2 rings (SSSR count). The maximum atomic E-state index is 11.4. The first kappa shape index (κ1) is 12.1. The van der Waals surface area contributed by atoms with Crippen molar-refractivity contribution in [2.45, 2.75) is 37.6 Å². The van der Waals surface area contributed by atoms with Crippen LogP contribution >= 0.6 is 11.6 Å². The van der Waals surface area contributed by atoms with Crippen LogP contribution in [-0.2, 0) is 4.79 Å². The molecule has 0 spiro atoms. The summed E-state index contributed by atoms with van der Waals surface area (Å²) in [6, 6.07) is 3.24. The first-order valence-corrected chi connectivity index (χ1v) is 6.01. The summed E-state index contributed by atoms with van der Waals surface area (Å²) in [6.45, 7) is 0. The van der Waals surface area contributed by atoms with Crippen molar-refractivity contribution in [3.05, 3.63) is 17.3 Å². The van der Waals surface area contributed by atoms with Crippen LogP contribution < -0.4 is 5.32 Å². The molecule has 0 unspecified atom stereocenters. The summed E-state index contributed by atoms with van der Waals surface area (Å²) in [5, 5.41) is 20.2. The Morgan fingerprint density at radius 2 is 2.00 bits per heavy atom. The Kier molecular flexibility index (Phi) is 3.47. The van der Waals surface area contributed by atoms with Crippen LogP contribution in [-0.4, -0.2) is 26.8 Å². The van der Waals surface area contributed by atoms with Crippen LogP contribution in [0.2, 0.25) is 5.15 Å². The number of aliphatic carboxylic acids is 1. The van der Waals surface area contributed by atoms with Crippen molar-refractivity contribution in [2.24, 2.45) is 0 Å². The predicted octanol–water partition coefficient (Wildman–Crippen LogP) is 2.33. The van der Waals surface area contributed by atoms with E-state index in [0.29, 0.717) is 23.8 Å². The van der Waals surface area contributed by atoms with Crippen molar-refractivity contribution >= 4 is 23.4 Å². The Bertz CT molecular complexity index is 402. The topological polar surface area (TPSA) is 75.1 Å². The third kappa shape index (κ3) is 2.66. The molecule has 1 heterocycles. The molecule has 0 aliphatic heterocycles. The van der Waals surface area contributed by atoms with Gasteiger partial charge in [-0.25, -0.2) is 4.79 Å². The molecule has 1 fully saturated rings. The highest BCUT2D eigenvalue weighted by atomic mass is 35.5. The smallest absolute Gasteiger partial charge is 0.329 e. The summed E-state index contributed by atoms with van der Waals surface area (Å²) in [7, 11) is 0. The number of anilines is 1. The van der Waals surface area contributed by atoms with E-state index in [4.69, 9.17) is 11.6 Å². The lowest BCUT2D eigenvalue weighted by Crippen LogP contribution is -2.48. The number of rotatable bonds is 3. The van der Waals surface area contributed by atoms with Crippen LogP contribution in [0.15, 0.2) is 12.1 Å². The van der Waals surface area contributed by atoms with Crippen LogP contribution in [0.1, 0.15) is 32.1 Å². The van der Waals surface area contributed by atoms with Gasteiger partial charge in [-0.3, -0.25) is 0 Å². The second-order valence-corrected chi connectivity index (χ2v) is 4.70. The summed E-state index contributed by atoms with van der Waals surface area (Å²) in [5.74, 6) is -0.368. The molecule has 0 radical (unpaired) electrons. The number of hydrogen-bond acceptors (Lipinski definition) is 4. The lowest BCUT2D eigenvalue weighted by molar-refractivity contribution is -0.143. The molecule has 5 nitrogen and oxygen atoms in total. The number of aromatic nitrogens is 2. The lowest BCUT2D eigenvalue weighted by atomic mass is 9.81. The maximum Gasteiger partial charge on any atom is 0.329 e. The standard InChI is InChI=1S/C11H14ClN3O2/c12-8-4-5-9(15-14-8)13-11(10(16)17)6-2-1-3-7-11/h4-5H,1-3,6-7H2,(H,13,15)(H,16,17). The first-order valence-electron chi connectivity index (χ1n) is 5.63. The molecule has 1 aromatic heterocycles. The van der Waals surface area contributed by atoms with E-state index < -0.39 is 11.5 Å². The van der Waals surface area contributed by atoms with E-state index in [9.17, 15) is 9.90 Å². The molecule has 1 aliphatic rings. The van der Waals surface area contributed by atoms with Crippen molar-refractivity contribution in [1.82, 2.24) is 10.2 Å². The fourth-order valence-corrected chi connectivity index (χ4v) is 2.28. The minimum Gasteiger partial charge on any atom is -0.480 e. The highest BCUT2D eigenvalue weighted by Crippen LogP contribution is 2.31. The average Bonchev–Trinajstić information content (AvgIpc) is 2.33. The number of carboxylic acids is 1. The summed E-state index contributed by atoms with van der Waals surface area (Å²) < 4.78 is 0. The zero-order valence-electron chi connectivity index (χ0n) is 9.32. The van der Waals surface area contributed by atoms with E-state index in [1.54, 1.807) is 12.1 Å². The Balaban J connectivity index is 2.17. The molecule has 17 heavy (non-hydrogen) atoms. The second kappa shape index (κ2) is 4.87. The second-order valence-electron chi connectivity index (χ2n) is 4.31. The van der Waals surface area contributed by atoms with Crippen LogP contribution in [0.25, 0.3) is 0 Å². The predicted molar refractivity (Wildman–Crippen MR) is 64.1 cm³/mol. The molecule has 1 aromatic rings. The minimum atomic E-state index is -0.902. The molecule has 1 saturated carbocycles. The largest absolute Gasteiger partial charge is 0.480 e. The average molecular weight is 256 g/mol. The van der Waals surface area contributed by atoms with Crippen molar-refractivity contribution in [2.75, 3.05) is 5.32 Å². The molecule has 1 aliphatic carbocycles. The Morgan fingerprint density at radius 1 is 1.29 bits per heavy atom. The third-order valence-corrected chi connectivity index (χ3v) is 3.32. The van der Waals surface area contributed by atoms with Crippen LogP contribution in [0, 0.1) is 0 Å². The monoisotopic (exact) mass is 255 g/mol. The van der Waals surface area contributed by atoms with Gasteiger partial charge in [0.1, 0.15) is 11.4 Å². The maximum absolute atomic E-state index is 11.4. The molecule has 0 aromatic carbocycles. The minimum absolute atomic E-state index is 0.295. The zero-order valence-corrected chi connectivity index (χ0v) is 10.1. The molecule has 92 valence electrons. The lowest BCUT2D eigenvalue weighted by Gasteiger charge is -2.34. The van der Waals surface area contributed by atoms with Gasteiger partial charge in [-0.2, -0.15) is 0 Å². The number of nitrogens with one attached hydrogen (secondary N) is 1. The van der Waals surface area contributed by atoms with Crippen molar-refractivity contribution in [1.29, 1.82) is 0 Å². The van der Waals surface area contributed by atoms with E-state index in [2.05, 4.69) is 15.5 Å². The van der Waals surface area contributed by atoms with Gasteiger partial charge in [0.15, 0.2) is 5.15 Å². The molecule has 0 amide bonds. The SMILES string of the molecule is O=C(O)C1(Nc2ccc(Cl)nn2)CCCCC1. The normalized spacial score (nSPS) is 18.6. The van der Waals surface area contributed by atoms with Gasteiger partial charge in [-0.15, -0.1) is 10.2 Å². The van der Waals surface area contributed by atoms with Gasteiger partial charge in [0.25, 0.3) is 0 Å². The van der Waals surface area contributed by atoms with Crippen molar-refractivity contribution < 1.29 is 9.90 Å². The van der Waals surface area contributed by atoms with Gasteiger partial charge in [0.05, 0.1) is 0 Å². The fourth-order valence-electron chi connectivity index (χ4n) is 2.18. The van der Waals surface area contributed by atoms with Gasteiger partial charge in [-0.05, 0) is 25.0 Å². The molecule has 0 bridgehead atoms. The van der Waals surface area contributed by atoms with Gasteiger partial charge >= 0.3 is 5.97 Å². The van der Waals surface area contributed by atoms with E-state index in [1.165, 1.54) is 0 Å². The number of nitrogens with zero attached hydrogens (tertiary/aromatic N) is 2. The van der Waals surface area contributed by atoms with E-state index in [1.807, 2.05) is 0 Å². The summed E-state index contributed by atoms with van der Waals surface area (Å²) >= 11 is 5.63. The molecule has 0 atom stereocenters. The number of carboxylic acid groups (broad SMARTS) is 1. The summed E-state index contributed by atoms with van der Waals surface area (Å²) in [5.41, 5.74) is -0.902. The van der Waals surface area contributed by atoms with E-state index >= 15 is 0 Å². The van der Waals surface area contributed by atoms with Gasteiger partial charge in [0.2, 0.25) is 0 Å². The van der Waals surface area contributed by atoms with Crippen molar-refractivity contribution in [3.63, 3.8) is 0 Å². The third-order valence-electron chi connectivity index (χ3n) is 3.12. The molecular formula is C11H14ClN3O2. The van der Waals surface area contributed by atoms with Crippen LogP contribution in [0.3, 0.4) is 0 Å². The molecular weight excluding hydrogens is 242 g/mol. The Labute approximate surface area is 104 Å². The Hall–Kier alpha value is -1.36. The fraction of sp³-hybridized carbons (Fsp3) is 0.545. The summed E-state index contributed by atoms with van der Waals surface area (Å²) in [4.78, 5) is 11.4.